The molecule has 1 aliphatic carbocycles. The van der Waals surface area contributed by atoms with E-state index in [1.165, 1.54) is 24.3 Å². The van der Waals surface area contributed by atoms with Gasteiger partial charge in [-0.1, -0.05) is 12.2 Å². The number of benzene rings is 1. The third kappa shape index (κ3) is 3.47. The van der Waals surface area contributed by atoms with E-state index in [1.54, 1.807) is 6.07 Å². The van der Waals surface area contributed by atoms with E-state index in [1.807, 2.05) is 0 Å². The fraction of sp³-hybridized carbons (Fsp3) is 0.133. The summed E-state index contributed by atoms with van der Waals surface area (Å²) in [6, 6.07) is 7.38. The van der Waals surface area contributed by atoms with Crippen LogP contribution in [0.2, 0.25) is 0 Å². The minimum absolute atomic E-state index is 0.139. The highest BCUT2D eigenvalue weighted by Crippen LogP contribution is 2.43. The summed E-state index contributed by atoms with van der Waals surface area (Å²) in [5.41, 5.74) is -3.58. The van der Waals surface area contributed by atoms with Crippen LogP contribution in [0, 0.1) is 12.5 Å². The van der Waals surface area contributed by atoms with Crippen molar-refractivity contribution in [3.8, 4) is 0 Å². The summed E-state index contributed by atoms with van der Waals surface area (Å²) in [5.74, 6) is 0. The SMILES string of the molecule is FC(F)(F)C1=C[CH-]C=C(C(F)(F)F)C1=[C+]c1ccccc1. The second kappa shape index (κ2) is 5.30. The number of alkyl halides is 6. The molecule has 1 aromatic carbocycles. The highest BCUT2D eigenvalue weighted by atomic mass is 19.4. The van der Waals surface area contributed by atoms with Crippen LogP contribution in [-0.4, -0.2) is 12.4 Å². The van der Waals surface area contributed by atoms with E-state index >= 15 is 0 Å². The Balaban J connectivity index is 2.56. The smallest absolute Gasteiger partial charge is 0.159 e. The normalized spacial score (nSPS) is 15.8. The molecule has 0 fully saturated rings. The van der Waals surface area contributed by atoms with Gasteiger partial charge in [-0.3, -0.25) is 0 Å². The van der Waals surface area contributed by atoms with Crippen LogP contribution < -0.4 is 0 Å². The van der Waals surface area contributed by atoms with E-state index in [2.05, 4.69) is 6.08 Å². The first kappa shape index (κ1) is 15.2. The zero-order chi connectivity index (χ0) is 15.7. The van der Waals surface area contributed by atoms with Gasteiger partial charge in [0.2, 0.25) is 0 Å². The highest BCUT2D eigenvalue weighted by Gasteiger charge is 2.49. The third-order valence-corrected chi connectivity index (χ3v) is 2.72. The predicted molar refractivity (Wildman–Crippen MR) is 64.9 cm³/mol. The lowest BCUT2D eigenvalue weighted by Gasteiger charge is -2.18. The van der Waals surface area contributed by atoms with E-state index in [0.29, 0.717) is 12.2 Å². The minimum Gasteiger partial charge on any atom is -0.159 e. The second-order valence-electron chi connectivity index (χ2n) is 4.21. The molecule has 110 valence electrons. The first-order valence-electron chi connectivity index (χ1n) is 5.79. The predicted octanol–water partition coefficient (Wildman–Crippen LogP) is 4.96. The molecule has 1 aromatic rings. The number of halogens is 6. The summed E-state index contributed by atoms with van der Waals surface area (Å²) in [7, 11) is 0. The lowest BCUT2D eigenvalue weighted by molar-refractivity contribution is -0.0978. The molecule has 21 heavy (non-hydrogen) atoms. The van der Waals surface area contributed by atoms with Crippen molar-refractivity contribution in [1.82, 2.24) is 0 Å². The Morgan fingerprint density at radius 2 is 1.24 bits per heavy atom. The molecule has 0 radical (unpaired) electrons. The summed E-state index contributed by atoms with van der Waals surface area (Å²) < 4.78 is 77.5. The van der Waals surface area contributed by atoms with Crippen molar-refractivity contribution < 1.29 is 26.3 Å². The number of allylic oxidation sites excluding steroid dienone is 5. The van der Waals surface area contributed by atoms with E-state index < -0.39 is 29.1 Å². The van der Waals surface area contributed by atoms with Crippen LogP contribution in [0.3, 0.4) is 0 Å². The van der Waals surface area contributed by atoms with Crippen LogP contribution in [0.4, 0.5) is 26.3 Å². The van der Waals surface area contributed by atoms with Gasteiger partial charge in [-0.05, 0) is 18.2 Å². The third-order valence-electron chi connectivity index (χ3n) is 2.72. The van der Waals surface area contributed by atoms with E-state index in [9.17, 15) is 26.3 Å². The molecule has 0 saturated carbocycles. The van der Waals surface area contributed by atoms with Crippen LogP contribution in [-0.2, 0) is 0 Å². The fourth-order valence-electron chi connectivity index (χ4n) is 1.83. The Morgan fingerprint density at radius 3 is 1.67 bits per heavy atom. The van der Waals surface area contributed by atoms with Crippen LogP contribution in [0.1, 0.15) is 5.56 Å². The zero-order valence-electron chi connectivity index (χ0n) is 10.4. The van der Waals surface area contributed by atoms with Crippen molar-refractivity contribution in [3.05, 3.63) is 77.3 Å². The molecule has 2 rings (SSSR count). The molecule has 0 unspecified atom stereocenters. The van der Waals surface area contributed by atoms with Crippen molar-refractivity contribution in [3.63, 3.8) is 0 Å². The Bertz CT molecular complexity index is 567. The van der Waals surface area contributed by atoms with Gasteiger partial charge in [-0.25, -0.2) is 0 Å². The van der Waals surface area contributed by atoms with E-state index in [4.69, 9.17) is 0 Å². The molecule has 0 N–H and O–H groups in total. The quantitative estimate of drug-likeness (QED) is 0.508. The topological polar surface area (TPSA) is 0 Å². The van der Waals surface area contributed by atoms with Crippen LogP contribution in [0.5, 0.6) is 0 Å². The molecule has 0 heterocycles. The van der Waals surface area contributed by atoms with Crippen molar-refractivity contribution in [2.24, 2.45) is 0 Å². The van der Waals surface area contributed by atoms with Gasteiger partial charge in [0.1, 0.15) is 22.3 Å². The van der Waals surface area contributed by atoms with Crippen LogP contribution >= 0.6 is 0 Å². The fourth-order valence-corrected chi connectivity index (χ4v) is 1.83. The van der Waals surface area contributed by atoms with Gasteiger partial charge >= 0.3 is 12.4 Å². The molecule has 1 aliphatic rings. The number of hydrogen-bond acceptors (Lipinski definition) is 0. The zero-order valence-corrected chi connectivity index (χ0v) is 10.4. The Morgan fingerprint density at radius 1 is 0.762 bits per heavy atom. The molecule has 0 atom stereocenters. The van der Waals surface area contributed by atoms with Gasteiger partial charge in [0, 0.05) is 18.2 Å². The lowest BCUT2D eigenvalue weighted by Crippen LogP contribution is -2.23. The summed E-state index contributed by atoms with van der Waals surface area (Å²) in [6.07, 6.45) is -5.61. The highest BCUT2D eigenvalue weighted by molar-refractivity contribution is 5.57. The molecule has 0 aromatic heterocycles. The average Bonchev–Trinajstić information content (AvgIpc) is 2.37. The van der Waals surface area contributed by atoms with Gasteiger partial charge in [-0.2, -0.15) is 26.3 Å². The van der Waals surface area contributed by atoms with Crippen LogP contribution in [0.15, 0.2) is 59.2 Å². The maximum Gasteiger partial charge on any atom is 0.446 e. The molecule has 0 saturated heterocycles. The molecule has 0 nitrogen and oxygen atoms in total. The van der Waals surface area contributed by atoms with E-state index in [-0.39, 0.29) is 5.56 Å². The molecule has 0 spiro atoms. The molecule has 6 heteroatoms. The largest absolute Gasteiger partial charge is 0.446 e. The first-order chi connectivity index (χ1) is 9.69. The minimum atomic E-state index is -4.89. The summed E-state index contributed by atoms with van der Waals surface area (Å²) in [5, 5.41) is 0. The molecular weight excluding hydrogens is 294 g/mol. The number of rotatable bonds is 1. The maximum absolute atomic E-state index is 12.9. The second-order valence-corrected chi connectivity index (χ2v) is 4.21. The van der Waals surface area contributed by atoms with Crippen molar-refractivity contribution in [1.29, 1.82) is 0 Å². The van der Waals surface area contributed by atoms with Crippen molar-refractivity contribution in [2.75, 3.05) is 0 Å². The van der Waals surface area contributed by atoms with E-state index in [0.717, 1.165) is 6.42 Å². The Kier molecular flexibility index (Phi) is 3.83. The van der Waals surface area contributed by atoms with Crippen LogP contribution in [0.25, 0.3) is 0 Å². The molecule has 0 amide bonds. The standard InChI is InChI=1S/C15H8F6/c16-14(17,18)12-7-4-8-13(15(19,20)21)11(12)9-10-5-2-1-3-6-10/h1-8H. The maximum atomic E-state index is 12.9. The van der Waals surface area contributed by atoms with Gasteiger partial charge in [0.05, 0.1) is 0 Å². The summed E-state index contributed by atoms with van der Waals surface area (Å²) in [6.45, 7) is 0. The lowest BCUT2D eigenvalue weighted by atomic mass is 9.89. The molecule has 0 bridgehead atoms. The molecule has 0 aliphatic heterocycles. The monoisotopic (exact) mass is 302 g/mol. The Hall–Kier alpha value is -2.20. The van der Waals surface area contributed by atoms with Gasteiger partial charge in [-0.15, -0.1) is 6.42 Å². The first-order valence-corrected chi connectivity index (χ1v) is 5.79. The number of hydrogen-bond donors (Lipinski definition) is 0. The van der Waals surface area contributed by atoms with Gasteiger partial charge < -0.3 is 0 Å². The average molecular weight is 302 g/mol. The van der Waals surface area contributed by atoms with Gasteiger partial charge in [0.15, 0.2) is 0 Å². The van der Waals surface area contributed by atoms with Crippen molar-refractivity contribution >= 4 is 0 Å². The summed E-state index contributed by atoms with van der Waals surface area (Å²) in [4.78, 5) is 0. The van der Waals surface area contributed by atoms with Gasteiger partial charge in [0.25, 0.3) is 0 Å². The summed E-state index contributed by atoms with van der Waals surface area (Å²) >= 11 is 0. The Labute approximate surface area is 117 Å². The van der Waals surface area contributed by atoms with Crippen molar-refractivity contribution in [2.45, 2.75) is 12.4 Å². The molecular formula is C15H8F6.